The molecule has 112 valence electrons. The van der Waals surface area contributed by atoms with Gasteiger partial charge in [-0.25, -0.2) is 0 Å². The SMILES string of the molecule is Cc1cc(CCl)cc(C)c1OCCCOc1ccccc1. The second-order valence-electron chi connectivity index (χ2n) is 5.06. The van der Waals surface area contributed by atoms with E-state index in [1.165, 1.54) is 0 Å². The molecule has 0 unspecified atom stereocenters. The van der Waals surface area contributed by atoms with E-state index in [0.29, 0.717) is 19.1 Å². The molecule has 0 radical (unpaired) electrons. The summed E-state index contributed by atoms with van der Waals surface area (Å²) in [5.74, 6) is 2.40. The summed E-state index contributed by atoms with van der Waals surface area (Å²) in [6.45, 7) is 5.41. The first kappa shape index (κ1) is 15.7. The Morgan fingerprint density at radius 2 is 1.52 bits per heavy atom. The fraction of sp³-hybridized carbons (Fsp3) is 0.333. The fourth-order valence-corrected chi connectivity index (χ4v) is 2.44. The molecule has 0 aliphatic heterocycles. The van der Waals surface area contributed by atoms with Crippen molar-refractivity contribution in [2.45, 2.75) is 26.1 Å². The fourth-order valence-electron chi connectivity index (χ4n) is 2.28. The van der Waals surface area contributed by atoms with Gasteiger partial charge in [-0.15, -0.1) is 11.6 Å². The maximum Gasteiger partial charge on any atom is 0.125 e. The van der Waals surface area contributed by atoms with Crippen LogP contribution in [0, 0.1) is 13.8 Å². The highest BCUT2D eigenvalue weighted by Gasteiger charge is 2.06. The van der Waals surface area contributed by atoms with E-state index in [0.717, 1.165) is 34.6 Å². The molecule has 0 amide bonds. The molecule has 0 spiro atoms. The zero-order chi connectivity index (χ0) is 15.1. The van der Waals surface area contributed by atoms with E-state index in [4.69, 9.17) is 21.1 Å². The minimum atomic E-state index is 0.535. The highest BCUT2D eigenvalue weighted by atomic mass is 35.5. The van der Waals surface area contributed by atoms with Gasteiger partial charge in [0.15, 0.2) is 0 Å². The summed E-state index contributed by atoms with van der Waals surface area (Å²) in [7, 11) is 0. The van der Waals surface area contributed by atoms with Crippen molar-refractivity contribution in [2.75, 3.05) is 13.2 Å². The van der Waals surface area contributed by atoms with E-state index in [1.807, 2.05) is 30.3 Å². The molecule has 0 aliphatic carbocycles. The van der Waals surface area contributed by atoms with E-state index in [-0.39, 0.29) is 0 Å². The maximum atomic E-state index is 5.88. The quantitative estimate of drug-likeness (QED) is 0.535. The molecule has 0 fully saturated rings. The van der Waals surface area contributed by atoms with Gasteiger partial charge in [-0.05, 0) is 42.7 Å². The number of para-hydroxylation sites is 1. The van der Waals surface area contributed by atoms with Gasteiger partial charge in [-0.3, -0.25) is 0 Å². The van der Waals surface area contributed by atoms with Gasteiger partial charge >= 0.3 is 0 Å². The Morgan fingerprint density at radius 3 is 2.14 bits per heavy atom. The van der Waals surface area contributed by atoms with E-state index in [9.17, 15) is 0 Å². The Hall–Kier alpha value is -1.67. The molecule has 0 N–H and O–H groups in total. The molecule has 2 aromatic carbocycles. The first-order valence-corrected chi connectivity index (χ1v) is 7.71. The van der Waals surface area contributed by atoms with Crippen LogP contribution < -0.4 is 9.47 Å². The van der Waals surface area contributed by atoms with Crippen molar-refractivity contribution in [2.24, 2.45) is 0 Å². The predicted octanol–water partition coefficient (Wildman–Crippen LogP) is 4.89. The third-order valence-electron chi connectivity index (χ3n) is 3.22. The van der Waals surface area contributed by atoms with Gasteiger partial charge < -0.3 is 9.47 Å². The van der Waals surface area contributed by atoms with Crippen LogP contribution in [-0.2, 0) is 5.88 Å². The minimum Gasteiger partial charge on any atom is -0.493 e. The first-order chi connectivity index (χ1) is 10.2. The summed E-state index contributed by atoms with van der Waals surface area (Å²) in [5.41, 5.74) is 3.40. The molecule has 0 aliphatic rings. The number of benzene rings is 2. The second kappa shape index (κ2) is 7.94. The molecule has 2 nitrogen and oxygen atoms in total. The average molecular weight is 305 g/mol. The minimum absolute atomic E-state index is 0.535. The van der Waals surface area contributed by atoms with Crippen LogP contribution in [0.4, 0.5) is 0 Å². The molecule has 2 aromatic rings. The summed E-state index contributed by atoms with van der Waals surface area (Å²) >= 11 is 5.87. The maximum absolute atomic E-state index is 5.88. The summed E-state index contributed by atoms with van der Waals surface area (Å²) in [6.07, 6.45) is 0.852. The van der Waals surface area contributed by atoms with Crippen molar-refractivity contribution in [3.63, 3.8) is 0 Å². The van der Waals surface area contributed by atoms with Crippen LogP contribution in [-0.4, -0.2) is 13.2 Å². The molecule has 2 rings (SSSR count). The molecule has 21 heavy (non-hydrogen) atoms. The Morgan fingerprint density at radius 1 is 0.905 bits per heavy atom. The summed E-state index contributed by atoms with van der Waals surface area (Å²) in [4.78, 5) is 0. The number of rotatable bonds is 7. The number of aryl methyl sites for hydroxylation is 2. The lowest BCUT2D eigenvalue weighted by Gasteiger charge is -2.13. The van der Waals surface area contributed by atoms with E-state index in [2.05, 4.69) is 26.0 Å². The van der Waals surface area contributed by atoms with Gasteiger partial charge in [0.25, 0.3) is 0 Å². The summed E-state index contributed by atoms with van der Waals surface area (Å²) < 4.78 is 11.5. The van der Waals surface area contributed by atoms with Crippen LogP contribution >= 0.6 is 11.6 Å². The monoisotopic (exact) mass is 304 g/mol. The Kier molecular flexibility index (Phi) is 5.94. The molecule has 0 saturated heterocycles. The molecule has 0 atom stereocenters. The van der Waals surface area contributed by atoms with Crippen molar-refractivity contribution in [3.05, 3.63) is 59.2 Å². The third kappa shape index (κ3) is 4.68. The van der Waals surface area contributed by atoms with Crippen LogP contribution in [0.15, 0.2) is 42.5 Å². The zero-order valence-electron chi connectivity index (χ0n) is 12.6. The van der Waals surface area contributed by atoms with Crippen molar-refractivity contribution < 1.29 is 9.47 Å². The van der Waals surface area contributed by atoms with Crippen molar-refractivity contribution in [1.82, 2.24) is 0 Å². The molecule has 0 heterocycles. The smallest absolute Gasteiger partial charge is 0.125 e. The van der Waals surface area contributed by atoms with E-state index >= 15 is 0 Å². The summed E-state index contributed by atoms with van der Waals surface area (Å²) in [6, 6.07) is 14.0. The van der Waals surface area contributed by atoms with Crippen LogP contribution in [0.3, 0.4) is 0 Å². The number of alkyl halides is 1. The molecule has 0 bridgehead atoms. The molecular weight excluding hydrogens is 284 g/mol. The van der Waals surface area contributed by atoms with Gasteiger partial charge in [-0.2, -0.15) is 0 Å². The van der Waals surface area contributed by atoms with Gasteiger partial charge in [0.2, 0.25) is 0 Å². The topological polar surface area (TPSA) is 18.5 Å². The predicted molar refractivity (Wildman–Crippen MR) is 87.5 cm³/mol. The highest BCUT2D eigenvalue weighted by molar-refractivity contribution is 6.17. The van der Waals surface area contributed by atoms with Crippen LogP contribution in [0.1, 0.15) is 23.1 Å². The van der Waals surface area contributed by atoms with E-state index < -0.39 is 0 Å². The standard InChI is InChI=1S/C18H21ClO2/c1-14-11-16(13-19)12-15(2)18(14)21-10-6-9-20-17-7-4-3-5-8-17/h3-5,7-8,11-12H,6,9-10,13H2,1-2H3. The van der Waals surface area contributed by atoms with Crippen LogP contribution in [0.25, 0.3) is 0 Å². The number of ether oxygens (including phenoxy) is 2. The number of hydrogen-bond donors (Lipinski definition) is 0. The Balaban J connectivity index is 1.79. The lowest BCUT2D eigenvalue weighted by molar-refractivity contribution is 0.245. The van der Waals surface area contributed by atoms with Crippen molar-refractivity contribution in [3.8, 4) is 11.5 Å². The second-order valence-corrected chi connectivity index (χ2v) is 5.32. The van der Waals surface area contributed by atoms with Crippen molar-refractivity contribution >= 4 is 11.6 Å². The molecule has 0 aromatic heterocycles. The average Bonchev–Trinajstić information content (AvgIpc) is 2.50. The van der Waals surface area contributed by atoms with Gasteiger partial charge in [0.05, 0.1) is 13.2 Å². The van der Waals surface area contributed by atoms with Crippen molar-refractivity contribution in [1.29, 1.82) is 0 Å². The Labute approximate surface area is 131 Å². The van der Waals surface area contributed by atoms with Crippen LogP contribution in [0.2, 0.25) is 0 Å². The van der Waals surface area contributed by atoms with Crippen LogP contribution in [0.5, 0.6) is 11.5 Å². The molecular formula is C18H21ClO2. The molecule has 3 heteroatoms. The van der Waals surface area contributed by atoms with Gasteiger partial charge in [-0.1, -0.05) is 30.3 Å². The number of hydrogen-bond acceptors (Lipinski definition) is 2. The zero-order valence-corrected chi connectivity index (χ0v) is 13.3. The first-order valence-electron chi connectivity index (χ1n) is 7.17. The largest absolute Gasteiger partial charge is 0.493 e. The van der Waals surface area contributed by atoms with Gasteiger partial charge in [0.1, 0.15) is 11.5 Å². The normalized spacial score (nSPS) is 10.4. The molecule has 0 saturated carbocycles. The third-order valence-corrected chi connectivity index (χ3v) is 3.53. The highest BCUT2D eigenvalue weighted by Crippen LogP contribution is 2.25. The lowest BCUT2D eigenvalue weighted by atomic mass is 10.1. The Bertz CT molecular complexity index is 544. The summed E-state index contributed by atoms with van der Waals surface area (Å²) in [5, 5.41) is 0. The van der Waals surface area contributed by atoms with E-state index in [1.54, 1.807) is 0 Å². The number of halogens is 1. The van der Waals surface area contributed by atoms with Gasteiger partial charge in [0, 0.05) is 12.3 Å². The lowest BCUT2D eigenvalue weighted by Crippen LogP contribution is -2.06.